The van der Waals surface area contributed by atoms with Gasteiger partial charge in [0.1, 0.15) is 24.0 Å². The Morgan fingerprint density at radius 3 is 2.23 bits per heavy atom. The van der Waals surface area contributed by atoms with Crippen LogP contribution in [0, 0.1) is 31.4 Å². The van der Waals surface area contributed by atoms with Crippen LogP contribution in [0.25, 0.3) is 0 Å². The quantitative estimate of drug-likeness (QED) is 0.362. The molecule has 2 aromatic carbocycles. The van der Waals surface area contributed by atoms with Crippen molar-refractivity contribution in [3.05, 3.63) is 70.3 Å². The smallest absolute Gasteiger partial charge is 0.303 e. The highest BCUT2D eigenvalue weighted by Crippen LogP contribution is 2.21. The molecule has 8 heteroatoms. The Kier molecular flexibility index (Phi) is 8.95. The summed E-state index contributed by atoms with van der Waals surface area (Å²) in [7, 11) is 0. The second-order valence-electron chi connectivity index (χ2n) is 7.74. The Labute approximate surface area is 187 Å². The summed E-state index contributed by atoms with van der Waals surface area (Å²) in [5.41, 5.74) is 3.37. The average Bonchev–Trinajstić information content (AvgIpc) is 3.10. The molecule has 31 heavy (non-hydrogen) atoms. The first-order chi connectivity index (χ1) is 14.3. The van der Waals surface area contributed by atoms with Crippen molar-refractivity contribution < 1.29 is 23.5 Å². The van der Waals surface area contributed by atoms with Gasteiger partial charge in [-0.05, 0) is 80.3 Å². The van der Waals surface area contributed by atoms with Crippen molar-refractivity contribution >= 4 is 24.1 Å². The molecule has 168 valence electrons. The Morgan fingerprint density at radius 1 is 1.13 bits per heavy atom. The summed E-state index contributed by atoms with van der Waals surface area (Å²) < 4.78 is 27.1. The number of carbonyl (C=O) groups is 1. The predicted molar refractivity (Wildman–Crippen MR) is 118 cm³/mol. The van der Waals surface area contributed by atoms with Gasteiger partial charge in [-0.1, -0.05) is 5.16 Å². The Bertz CT molecular complexity index is 899. The monoisotopic (exact) mass is 452 g/mol. The number of halogens is 3. The molecule has 1 heterocycles. The van der Waals surface area contributed by atoms with E-state index in [1.165, 1.54) is 24.3 Å². The molecule has 1 unspecified atom stereocenters. The van der Waals surface area contributed by atoms with Gasteiger partial charge in [-0.25, -0.2) is 8.78 Å². The van der Waals surface area contributed by atoms with Crippen molar-refractivity contribution in [2.45, 2.75) is 26.7 Å². The maximum Gasteiger partial charge on any atom is 0.303 e. The molecule has 0 spiro atoms. The standard InChI is InChI=1S/C23H26F2N2O3.ClH/c1-15-11-18(24)3-5-20(15)23(21-6-4-19(25)12-16(21)2)26-30-10-9-27-8-7-17(14-27)13-22(28)29;/h3-6,11-12,17H,7-10,13-14H2,1-2H3,(H,28,29);1H. The minimum Gasteiger partial charge on any atom is -0.481 e. The van der Waals surface area contributed by atoms with E-state index >= 15 is 0 Å². The summed E-state index contributed by atoms with van der Waals surface area (Å²) in [5.74, 6) is -1.27. The van der Waals surface area contributed by atoms with E-state index in [2.05, 4.69) is 10.1 Å². The molecule has 1 aliphatic heterocycles. The first-order valence-electron chi connectivity index (χ1n) is 10.0. The van der Waals surface area contributed by atoms with Gasteiger partial charge in [-0.3, -0.25) is 9.69 Å². The molecule has 0 aliphatic carbocycles. The van der Waals surface area contributed by atoms with Gasteiger partial charge in [0.2, 0.25) is 0 Å². The van der Waals surface area contributed by atoms with E-state index in [4.69, 9.17) is 9.94 Å². The van der Waals surface area contributed by atoms with Crippen LogP contribution in [0.5, 0.6) is 0 Å². The average molecular weight is 453 g/mol. The Balaban J connectivity index is 0.00000341. The fourth-order valence-electron chi connectivity index (χ4n) is 3.84. The van der Waals surface area contributed by atoms with E-state index in [-0.39, 0.29) is 36.4 Å². The van der Waals surface area contributed by atoms with E-state index < -0.39 is 5.97 Å². The van der Waals surface area contributed by atoms with Crippen LogP contribution in [-0.4, -0.2) is 47.9 Å². The fraction of sp³-hybridized carbons (Fsp3) is 0.391. The van der Waals surface area contributed by atoms with Crippen molar-refractivity contribution in [1.29, 1.82) is 0 Å². The van der Waals surface area contributed by atoms with E-state index in [0.29, 0.717) is 41.1 Å². The zero-order chi connectivity index (χ0) is 21.7. The molecule has 0 radical (unpaired) electrons. The van der Waals surface area contributed by atoms with E-state index in [1.807, 2.05) is 0 Å². The second kappa shape index (κ2) is 11.2. The van der Waals surface area contributed by atoms with Crippen molar-refractivity contribution in [3.8, 4) is 0 Å². The van der Waals surface area contributed by atoms with Crippen molar-refractivity contribution in [3.63, 3.8) is 0 Å². The molecule has 1 saturated heterocycles. The van der Waals surface area contributed by atoms with Crippen LogP contribution in [0.4, 0.5) is 8.78 Å². The number of aryl methyl sites for hydroxylation is 2. The molecule has 0 aromatic heterocycles. The van der Waals surface area contributed by atoms with Crippen LogP contribution in [0.3, 0.4) is 0 Å². The first kappa shape index (κ1) is 24.8. The van der Waals surface area contributed by atoms with Gasteiger partial charge in [-0.2, -0.15) is 0 Å². The van der Waals surface area contributed by atoms with Crippen molar-refractivity contribution in [2.24, 2.45) is 11.1 Å². The van der Waals surface area contributed by atoms with Crippen LogP contribution in [0.1, 0.15) is 35.1 Å². The number of benzene rings is 2. The third-order valence-electron chi connectivity index (χ3n) is 5.38. The molecule has 1 N–H and O–H groups in total. The highest BCUT2D eigenvalue weighted by atomic mass is 35.5. The Morgan fingerprint density at radius 2 is 1.71 bits per heavy atom. The molecule has 0 saturated carbocycles. The predicted octanol–water partition coefficient (Wildman–Crippen LogP) is 4.57. The fourth-order valence-corrected chi connectivity index (χ4v) is 3.84. The first-order valence-corrected chi connectivity index (χ1v) is 10.0. The van der Waals surface area contributed by atoms with Crippen molar-refractivity contribution in [2.75, 3.05) is 26.2 Å². The number of carboxylic acid groups (broad SMARTS) is 1. The van der Waals surface area contributed by atoms with Crippen LogP contribution >= 0.6 is 12.4 Å². The summed E-state index contributed by atoms with van der Waals surface area (Å²) in [5, 5.41) is 13.2. The SMILES string of the molecule is Cc1cc(F)ccc1C(=NOCCN1CCC(CC(=O)O)C1)c1ccc(F)cc1C.Cl. The minimum absolute atomic E-state index is 0. The highest BCUT2D eigenvalue weighted by Gasteiger charge is 2.24. The van der Waals surface area contributed by atoms with Crippen molar-refractivity contribution in [1.82, 2.24) is 4.90 Å². The van der Waals surface area contributed by atoms with Gasteiger partial charge >= 0.3 is 5.97 Å². The van der Waals surface area contributed by atoms with E-state index in [9.17, 15) is 13.6 Å². The maximum atomic E-state index is 13.6. The molecule has 1 fully saturated rings. The van der Waals surface area contributed by atoms with Gasteiger partial charge < -0.3 is 9.94 Å². The lowest BCUT2D eigenvalue weighted by Crippen LogP contribution is -2.25. The second-order valence-corrected chi connectivity index (χ2v) is 7.74. The molecular weight excluding hydrogens is 426 g/mol. The molecule has 0 amide bonds. The van der Waals surface area contributed by atoms with E-state index in [0.717, 1.165) is 19.5 Å². The zero-order valence-corrected chi connectivity index (χ0v) is 18.4. The van der Waals surface area contributed by atoms with Crippen LogP contribution < -0.4 is 0 Å². The number of likely N-dealkylation sites (tertiary alicyclic amines) is 1. The summed E-state index contributed by atoms with van der Waals surface area (Å²) in [4.78, 5) is 18.6. The lowest BCUT2D eigenvalue weighted by atomic mass is 9.95. The normalized spacial score (nSPS) is 15.9. The number of aliphatic carboxylic acids is 1. The third kappa shape index (κ3) is 6.74. The number of carboxylic acids is 1. The topological polar surface area (TPSA) is 62.1 Å². The number of hydrogen-bond donors (Lipinski definition) is 1. The van der Waals surface area contributed by atoms with Gasteiger partial charge in [0, 0.05) is 30.6 Å². The minimum atomic E-state index is -0.767. The number of rotatable bonds is 8. The number of hydrogen-bond acceptors (Lipinski definition) is 4. The highest BCUT2D eigenvalue weighted by molar-refractivity contribution is 6.14. The lowest BCUT2D eigenvalue weighted by molar-refractivity contribution is -0.138. The summed E-state index contributed by atoms with van der Waals surface area (Å²) in [6.45, 7) is 6.13. The van der Waals surface area contributed by atoms with Gasteiger partial charge in [0.05, 0.1) is 0 Å². The molecule has 1 aliphatic rings. The van der Waals surface area contributed by atoms with Crippen LogP contribution in [-0.2, 0) is 9.63 Å². The van der Waals surface area contributed by atoms with Gasteiger partial charge in [-0.15, -0.1) is 12.4 Å². The molecule has 1 atom stereocenters. The maximum absolute atomic E-state index is 13.6. The molecular formula is C23H27ClF2N2O3. The molecule has 0 bridgehead atoms. The van der Waals surface area contributed by atoms with E-state index in [1.54, 1.807) is 26.0 Å². The summed E-state index contributed by atoms with van der Waals surface area (Å²) in [6, 6.07) is 8.87. The number of nitrogens with zero attached hydrogens (tertiary/aromatic N) is 2. The third-order valence-corrected chi connectivity index (χ3v) is 5.38. The molecule has 2 aromatic rings. The summed E-state index contributed by atoms with van der Waals surface area (Å²) in [6.07, 6.45) is 1.05. The number of oxime groups is 1. The van der Waals surface area contributed by atoms with Gasteiger partial charge in [0.15, 0.2) is 0 Å². The van der Waals surface area contributed by atoms with Gasteiger partial charge in [0.25, 0.3) is 0 Å². The van der Waals surface area contributed by atoms with Crippen LogP contribution in [0.2, 0.25) is 0 Å². The largest absolute Gasteiger partial charge is 0.481 e. The summed E-state index contributed by atoms with van der Waals surface area (Å²) >= 11 is 0. The molecule has 3 rings (SSSR count). The Hall–Kier alpha value is -2.51. The van der Waals surface area contributed by atoms with Crippen LogP contribution in [0.15, 0.2) is 41.6 Å². The zero-order valence-electron chi connectivity index (χ0n) is 17.6. The molecule has 5 nitrogen and oxygen atoms in total. The lowest BCUT2D eigenvalue weighted by Gasteiger charge is -2.16.